The third-order valence-corrected chi connectivity index (χ3v) is 4.27. The molecule has 0 radical (unpaired) electrons. The highest BCUT2D eigenvalue weighted by Gasteiger charge is 2.41. The fourth-order valence-electron chi connectivity index (χ4n) is 3.15. The number of rotatable bonds is 4. The van der Waals surface area contributed by atoms with E-state index in [1.807, 2.05) is 0 Å². The molecule has 2 aliphatic rings. The Balaban J connectivity index is 1.93. The number of hydrogen-bond donors (Lipinski definition) is 2. The number of ether oxygens (including phenoxy) is 1. The summed E-state index contributed by atoms with van der Waals surface area (Å²) in [5, 5.41) is 23.4. The summed E-state index contributed by atoms with van der Waals surface area (Å²) in [6.45, 7) is 1.63. The molecule has 0 amide bonds. The molecule has 21 heavy (non-hydrogen) atoms. The summed E-state index contributed by atoms with van der Waals surface area (Å²) in [6.07, 6.45) is 3.25. The van der Waals surface area contributed by atoms with Crippen LogP contribution in [0.4, 0.5) is 11.4 Å². The summed E-state index contributed by atoms with van der Waals surface area (Å²) in [5.41, 5.74) is 0.691. The summed E-state index contributed by atoms with van der Waals surface area (Å²) in [7, 11) is 0. The lowest BCUT2D eigenvalue weighted by Crippen LogP contribution is -2.30. The third kappa shape index (κ3) is 2.44. The molecule has 2 saturated heterocycles. The second-order valence-electron chi connectivity index (χ2n) is 5.59. The molecule has 0 aromatic heterocycles. The van der Waals surface area contributed by atoms with Gasteiger partial charge in [0, 0.05) is 17.3 Å². The first-order valence-corrected chi connectivity index (χ1v) is 6.90. The maximum absolute atomic E-state index is 11.1. The van der Waals surface area contributed by atoms with E-state index in [2.05, 4.69) is 5.32 Å². The molecule has 2 aliphatic heterocycles. The molecule has 0 aliphatic carbocycles. The van der Waals surface area contributed by atoms with Crippen molar-refractivity contribution in [1.82, 2.24) is 0 Å². The van der Waals surface area contributed by atoms with E-state index in [-0.39, 0.29) is 29.5 Å². The number of nitro benzene ring substituents is 1. The van der Waals surface area contributed by atoms with Crippen molar-refractivity contribution in [3.05, 3.63) is 33.4 Å². The van der Waals surface area contributed by atoms with Crippen LogP contribution in [-0.2, 0) is 4.74 Å². The molecule has 2 N–H and O–H groups in total. The molecule has 0 spiro atoms. The van der Waals surface area contributed by atoms with E-state index < -0.39 is 10.9 Å². The van der Waals surface area contributed by atoms with Crippen LogP contribution < -0.4 is 5.32 Å². The predicted octanol–water partition coefficient (Wildman–Crippen LogP) is 2.33. The molecule has 3 unspecified atom stereocenters. The van der Waals surface area contributed by atoms with Crippen molar-refractivity contribution in [2.75, 3.05) is 5.32 Å². The van der Waals surface area contributed by atoms with Crippen molar-refractivity contribution in [2.45, 2.75) is 44.4 Å². The molecule has 0 saturated carbocycles. The second-order valence-corrected chi connectivity index (χ2v) is 5.59. The van der Waals surface area contributed by atoms with E-state index in [0.717, 1.165) is 25.3 Å². The maximum Gasteiger partial charge on any atom is 0.336 e. The summed E-state index contributed by atoms with van der Waals surface area (Å²) >= 11 is 0. The number of benzene rings is 1. The quantitative estimate of drug-likeness (QED) is 0.652. The van der Waals surface area contributed by atoms with Gasteiger partial charge in [0.25, 0.3) is 5.69 Å². The van der Waals surface area contributed by atoms with E-state index in [0.29, 0.717) is 11.3 Å². The third-order valence-electron chi connectivity index (χ3n) is 4.27. The lowest BCUT2D eigenvalue weighted by molar-refractivity contribution is -0.385. The number of carbonyl (C=O) groups is 1. The Morgan fingerprint density at radius 2 is 2.24 bits per heavy atom. The van der Waals surface area contributed by atoms with Crippen molar-refractivity contribution >= 4 is 17.3 Å². The highest BCUT2D eigenvalue weighted by atomic mass is 16.6. The van der Waals surface area contributed by atoms with Gasteiger partial charge in [-0.05, 0) is 32.3 Å². The Morgan fingerprint density at radius 1 is 1.48 bits per heavy atom. The van der Waals surface area contributed by atoms with E-state index >= 15 is 0 Å². The normalized spacial score (nSPS) is 26.8. The Morgan fingerprint density at radius 3 is 2.76 bits per heavy atom. The molecule has 7 heteroatoms. The molecular weight excluding hydrogens is 276 g/mol. The van der Waals surface area contributed by atoms with E-state index in [9.17, 15) is 14.9 Å². The van der Waals surface area contributed by atoms with Crippen LogP contribution in [0.1, 0.15) is 35.2 Å². The SMILES string of the molecule is Cc1c(NC2CC3CCC2O3)cc(C(=O)O)cc1[N+](=O)[O-]. The fraction of sp³-hybridized carbons (Fsp3) is 0.500. The molecule has 1 aromatic carbocycles. The highest BCUT2D eigenvalue weighted by Crippen LogP contribution is 2.37. The number of hydrogen-bond acceptors (Lipinski definition) is 5. The Bertz CT molecular complexity index is 616. The van der Waals surface area contributed by atoms with Gasteiger partial charge in [-0.25, -0.2) is 4.79 Å². The first-order valence-electron chi connectivity index (χ1n) is 6.90. The van der Waals surface area contributed by atoms with Crippen LogP contribution in [0.3, 0.4) is 0 Å². The number of nitrogens with zero attached hydrogens (tertiary/aromatic N) is 1. The van der Waals surface area contributed by atoms with Gasteiger partial charge in [-0.15, -0.1) is 0 Å². The summed E-state index contributed by atoms with van der Waals surface area (Å²) in [5.74, 6) is -1.18. The maximum atomic E-state index is 11.1. The van der Waals surface area contributed by atoms with Crippen molar-refractivity contribution < 1.29 is 19.6 Å². The van der Waals surface area contributed by atoms with Crippen LogP contribution in [0.15, 0.2) is 12.1 Å². The molecule has 3 atom stereocenters. The summed E-state index contributed by atoms with van der Waals surface area (Å²) in [4.78, 5) is 21.7. The Kier molecular flexibility index (Phi) is 3.29. The zero-order valence-corrected chi connectivity index (χ0v) is 11.5. The van der Waals surface area contributed by atoms with E-state index in [1.165, 1.54) is 6.07 Å². The zero-order valence-electron chi connectivity index (χ0n) is 11.5. The van der Waals surface area contributed by atoms with Gasteiger partial charge < -0.3 is 15.2 Å². The standard InChI is InChI=1S/C14H16N2O5/c1-7-10(15-11-6-9-2-3-13(11)21-9)4-8(14(17)18)5-12(7)16(19)20/h4-5,9,11,13,15H,2-3,6H2,1H3,(H,17,18). The molecule has 2 fully saturated rings. The number of nitrogens with one attached hydrogen (secondary N) is 1. The van der Waals surface area contributed by atoms with Gasteiger partial charge in [-0.3, -0.25) is 10.1 Å². The smallest absolute Gasteiger partial charge is 0.336 e. The lowest BCUT2D eigenvalue weighted by atomic mass is 9.94. The van der Waals surface area contributed by atoms with Gasteiger partial charge in [0.05, 0.1) is 28.7 Å². The van der Waals surface area contributed by atoms with Crippen LogP contribution in [0.25, 0.3) is 0 Å². The van der Waals surface area contributed by atoms with Gasteiger partial charge in [-0.1, -0.05) is 0 Å². The first kappa shape index (κ1) is 13.8. The molecule has 112 valence electrons. The molecular formula is C14H16N2O5. The Labute approximate surface area is 121 Å². The largest absolute Gasteiger partial charge is 0.478 e. The van der Waals surface area contributed by atoms with Crippen molar-refractivity contribution in [3.8, 4) is 0 Å². The number of carboxylic acid groups (broad SMARTS) is 1. The Hall–Kier alpha value is -2.15. The van der Waals surface area contributed by atoms with Gasteiger partial charge in [0.2, 0.25) is 0 Å². The second kappa shape index (κ2) is 5.00. The van der Waals surface area contributed by atoms with Gasteiger partial charge in [0.15, 0.2) is 0 Å². The lowest BCUT2D eigenvalue weighted by Gasteiger charge is -2.22. The number of nitro groups is 1. The van der Waals surface area contributed by atoms with Gasteiger partial charge in [0.1, 0.15) is 0 Å². The topological polar surface area (TPSA) is 102 Å². The number of carboxylic acids is 1. The van der Waals surface area contributed by atoms with E-state index in [4.69, 9.17) is 9.84 Å². The number of aromatic carboxylic acids is 1. The van der Waals surface area contributed by atoms with Crippen molar-refractivity contribution in [2.24, 2.45) is 0 Å². The average molecular weight is 292 g/mol. The van der Waals surface area contributed by atoms with Crippen LogP contribution in [-0.4, -0.2) is 34.2 Å². The molecule has 3 rings (SSSR count). The minimum atomic E-state index is -1.18. The average Bonchev–Trinajstić information content (AvgIpc) is 3.02. The van der Waals surface area contributed by atoms with Crippen molar-refractivity contribution in [3.63, 3.8) is 0 Å². The monoisotopic (exact) mass is 292 g/mol. The van der Waals surface area contributed by atoms with Gasteiger partial charge >= 0.3 is 5.97 Å². The molecule has 2 heterocycles. The van der Waals surface area contributed by atoms with Crippen molar-refractivity contribution in [1.29, 1.82) is 0 Å². The summed E-state index contributed by atoms with van der Waals surface area (Å²) < 4.78 is 5.74. The van der Waals surface area contributed by atoms with Gasteiger partial charge in [-0.2, -0.15) is 0 Å². The fourth-order valence-corrected chi connectivity index (χ4v) is 3.15. The molecule has 1 aromatic rings. The number of anilines is 1. The van der Waals surface area contributed by atoms with Crippen LogP contribution in [0.5, 0.6) is 0 Å². The van der Waals surface area contributed by atoms with Crippen LogP contribution in [0, 0.1) is 17.0 Å². The molecule has 7 nitrogen and oxygen atoms in total. The predicted molar refractivity (Wildman–Crippen MR) is 74.7 cm³/mol. The zero-order chi connectivity index (χ0) is 15.1. The van der Waals surface area contributed by atoms with Crippen LogP contribution >= 0.6 is 0 Å². The first-order chi connectivity index (χ1) is 9.95. The van der Waals surface area contributed by atoms with E-state index in [1.54, 1.807) is 6.92 Å². The minimum Gasteiger partial charge on any atom is -0.478 e. The highest BCUT2D eigenvalue weighted by molar-refractivity contribution is 5.90. The summed E-state index contributed by atoms with van der Waals surface area (Å²) in [6, 6.07) is 2.64. The molecule has 2 bridgehead atoms. The van der Waals surface area contributed by atoms with Crippen LogP contribution in [0.2, 0.25) is 0 Å². The minimum absolute atomic E-state index is 0.0844. The number of fused-ring (bicyclic) bond motifs is 2.